The van der Waals surface area contributed by atoms with Crippen LogP contribution in [0.5, 0.6) is 0 Å². The first-order chi connectivity index (χ1) is 12.4. The zero-order valence-electron chi connectivity index (χ0n) is 16.6. The average molecular weight is 356 g/mol. The Labute approximate surface area is 158 Å². The minimum atomic E-state index is -0.649. The number of nitrogens with one attached hydrogen (secondary N) is 2. The molecule has 0 aromatic heterocycles. The first-order valence-corrected chi connectivity index (χ1v) is 9.96. The molecule has 0 heterocycles. The van der Waals surface area contributed by atoms with Crippen LogP contribution in [-0.2, 0) is 4.79 Å². The lowest BCUT2D eigenvalue weighted by Gasteiger charge is -2.26. The largest absolute Gasteiger partial charge is 0.337 e. The van der Waals surface area contributed by atoms with Gasteiger partial charge in [-0.25, -0.2) is 0 Å². The fraction of sp³-hybridized carbons (Fsp3) is 0.636. The molecule has 1 saturated carbocycles. The van der Waals surface area contributed by atoms with Crippen molar-refractivity contribution in [2.45, 2.75) is 77.3 Å². The van der Waals surface area contributed by atoms with Gasteiger partial charge >= 0.3 is 0 Å². The van der Waals surface area contributed by atoms with Crippen LogP contribution in [0.2, 0.25) is 0 Å². The van der Waals surface area contributed by atoms with E-state index >= 15 is 0 Å². The van der Waals surface area contributed by atoms with Crippen molar-refractivity contribution in [2.24, 2.45) is 5.92 Å². The second kappa shape index (κ2) is 9.19. The van der Waals surface area contributed by atoms with Crippen molar-refractivity contribution in [3.8, 4) is 6.07 Å². The highest BCUT2D eigenvalue weighted by molar-refractivity contribution is 5.79. The summed E-state index contributed by atoms with van der Waals surface area (Å²) < 4.78 is 0. The SMILES string of the molecule is CC[C@H](C)c1ccc([C@@H](NCC(=O)NC2(C#N)CCCC2)C(C)C)cc1. The van der Waals surface area contributed by atoms with Gasteiger partial charge in [-0.3, -0.25) is 4.79 Å². The standard InChI is InChI=1S/C22H33N3O/c1-5-17(4)18-8-10-19(11-9-18)21(16(2)3)24-14-20(26)25-22(15-23)12-6-7-13-22/h8-11,16-17,21,24H,5-7,12-14H2,1-4H3,(H,25,26)/t17-,21-/m0/s1. The first kappa shape index (κ1) is 20.5. The van der Waals surface area contributed by atoms with E-state index in [1.54, 1.807) is 0 Å². The van der Waals surface area contributed by atoms with Gasteiger partial charge in [0.25, 0.3) is 0 Å². The number of hydrogen-bond acceptors (Lipinski definition) is 3. The van der Waals surface area contributed by atoms with Crippen molar-refractivity contribution in [3.63, 3.8) is 0 Å². The third kappa shape index (κ3) is 5.08. The van der Waals surface area contributed by atoms with Crippen molar-refractivity contribution in [1.29, 1.82) is 5.26 Å². The Hall–Kier alpha value is -1.86. The molecule has 1 aromatic carbocycles. The Morgan fingerprint density at radius 1 is 1.15 bits per heavy atom. The lowest BCUT2D eigenvalue weighted by atomic mass is 9.92. The van der Waals surface area contributed by atoms with E-state index in [1.165, 1.54) is 11.1 Å². The molecular weight excluding hydrogens is 322 g/mol. The predicted octanol–water partition coefficient (Wildman–Crippen LogP) is 4.44. The van der Waals surface area contributed by atoms with E-state index in [4.69, 9.17) is 0 Å². The summed E-state index contributed by atoms with van der Waals surface area (Å²) in [7, 11) is 0. The van der Waals surface area contributed by atoms with E-state index < -0.39 is 5.54 Å². The summed E-state index contributed by atoms with van der Waals surface area (Å²) >= 11 is 0. The smallest absolute Gasteiger partial charge is 0.235 e. The van der Waals surface area contributed by atoms with Crippen LogP contribution in [-0.4, -0.2) is 18.0 Å². The highest BCUT2D eigenvalue weighted by atomic mass is 16.2. The van der Waals surface area contributed by atoms with Gasteiger partial charge in [-0.15, -0.1) is 0 Å². The molecule has 1 aliphatic carbocycles. The van der Waals surface area contributed by atoms with E-state index in [0.29, 0.717) is 11.8 Å². The molecule has 142 valence electrons. The van der Waals surface area contributed by atoms with Crippen LogP contribution < -0.4 is 10.6 Å². The van der Waals surface area contributed by atoms with Crippen molar-refractivity contribution < 1.29 is 4.79 Å². The molecule has 4 nitrogen and oxygen atoms in total. The number of nitrogens with zero attached hydrogens (tertiary/aromatic N) is 1. The summed E-state index contributed by atoms with van der Waals surface area (Å²) in [5.41, 5.74) is 1.91. The summed E-state index contributed by atoms with van der Waals surface area (Å²) in [4.78, 5) is 12.4. The molecule has 1 aliphatic rings. The normalized spacial score (nSPS) is 18.3. The van der Waals surface area contributed by atoms with Crippen LogP contribution in [0.25, 0.3) is 0 Å². The first-order valence-electron chi connectivity index (χ1n) is 9.96. The summed E-state index contributed by atoms with van der Waals surface area (Å²) in [6.45, 7) is 9.00. The molecule has 2 atom stereocenters. The molecule has 2 N–H and O–H groups in total. The van der Waals surface area contributed by atoms with Crippen LogP contribution in [0.4, 0.5) is 0 Å². The van der Waals surface area contributed by atoms with Crippen LogP contribution in [0.3, 0.4) is 0 Å². The maximum Gasteiger partial charge on any atom is 0.235 e. The number of carbonyl (C=O) groups is 1. The molecule has 26 heavy (non-hydrogen) atoms. The predicted molar refractivity (Wildman–Crippen MR) is 106 cm³/mol. The van der Waals surface area contributed by atoms with Crippen molar-refractivity contribution in [1.82, 2.24) is 10.6 Å². The maximum absolute atomic E-state index is 12.4. The molecule has 0 radical (unpaired) electrons. The van der Waals surface area contributed by atoms with Gasteiger partial charge in [0.15, 0.2) is 0 Å². The molecule has 1 amide bonds. The lowest BCUT2D eigenvalue weighted by Crippen LogP contribution is -2.48. The van der Waals surface area contributed by atoms with Gasteiger partial charge in [-0.1, -0.05) is 52.0 Å². The highest BCUT2D eigenvalue weighted by Gasteiger charge is 2.35. The monoisotopic (exact) mass is 355 g/mol. The van der Waals surface area contributed by atoms with Gasteiger partial charge < -0.3 is 10.6 Å². The van der Waals surface area contributed by atoms with Crippen molar-refractivity contribution in [3.05, 3.63) is 35.4 Å². The van der Waals surface area contributed by atoms with Crippen molar-refractivity contribution >= 4 is 5.91 Å². The Bertz CT molecular complexity index is 624. The Morgan fingerprint density at radius 2 is 1.73 bits per heavy atom. The van der Waals surface area contributed by atoms with E-state index in [1.807, 2.05) is 0 Å². The third-order valence-electron chi connectivity index (χ3n) is 5.68. The number of benzene rings is 1. The molecule has 0 unspecified atom stereocenters. The van der Waals surface area contributed by atoms with Gasteiger partial charge in [-0.05, 0) is 55.1 Å². The molecule has 0 aliphatic heterocycles. The summed E-state index contributed by atoms with van der Waals surface area (Å²) in [5.74, 6) is 0.845. The number of carbonyl (C=O) groups excluding carboxylic acids is 1. The zero-order valence-corrected chi connectivity index (χ0v) is 16.6. The molecule has 1 aromatic rings. The van der Waals surface area contributed by atoms with Crippen LogP contribution in [0.15, 0.2) is 24.3 Å². The van der Waals surface area contributed by atoms with E-state index in [0.717, 1.165) is 32.1 Å². The fourth-order valence-electron chi connectivity index (χ4n) is 3.76. The highest BCUT2D eigenvalue weighted by Crippen LogP contribution is 2.29. The molecule has 2 rings (SSSR count). The number of nitriles is 1. The Balaban J connectivity index is 1.98. The average Bonchev–Trinajstić information content (AvgIpc) is 3.10. The Morgan fingerprint density at radius 3 is 2.23 bits per heavy atom. The van der Waals surface area contributed by atoms with Crippen LogP contribution >= 0.6 is 0 Å². The van der Waals surface area contributed by atoms with Crippen molar-refractivity contribution in [2.75, 3.05) is 6.54 Å². The summed E-state index contributed by atoms with van der Waals surface area (Å²) in [6, 6.07) is 11.2. The number of hydrogen-bond donors (Lipinski definition) is 2. The maximum atomic E-state index is 12.4. The van der Waals surface area contributed by atoms with Crippen LogP contribution in [0.1, 0.15) is 82.9 Å². The molecule has 1 fully saturated rings. The number of amides is 1. The number of rotatable bonds is 8. The Kier molecular flexibility index (Phi) is 7.23. The molecular formula is C22H33N3O. The topological polar surface area (TPSA) is 64.9 Å². The summed E-state index contributed by atoms with van der Waals surface area (Å²) in [6.07, 6.45) is 4.68. The van der Waals surface area contributed by atoms with Gasteiger partial charge in [-0.2, -0.15) is 5.26 Å². The van der Waals surface area contributed by atoms with E-state index in [-0.39, 0.29) is 18.5 Å². The van der Waals surface area contributed by atoms with Gasteiger partial charge in [0.2, 0.25) is 5.91 Å². The third-order valence-corrected chi connectivity index (χ3v) is 5.68. The zero-order chi connectivity index (χ0) is 19.2. The quantitative estimate of drug-likeness (QED) is 0.724. The van der Waals surface area contributed by atoms with Gasteiger partial charge in [0, 0.05) is 6.04 Å². The van der Waals surface area contributed by atoms with Gasteiger partial charge in [0.05, 0.1) is 12.6 Å². The molecule has 0 saturated heterocycles. The second-order valence-corrected chi connectivity index (χ2v) is 8.03. The lowest BCUT2D eigenvalue weighted by molar-refractivity contribution is -0.121. The molecule has 0 bridgehead atoms. The fourth-order valence-corrected chi connectivity index (χ4v) is 3.76. The minimum Gasteiger partial charge on any atom is -0.337 e. The van der Waals surface area contributed by atoms with Gasteiger partial charge in [0.1, 0.15) is 5.54 Å². The molecule has 0 spiro atoms. The van der Waals surface area contributed by atoms with Crippen LogP contribution in [0, 0.1) is 17.2 Å². The minimum absolute atomic E-state index is 0.0877. The van der Waals surface area contributed by atoms with E-state index in [2.05, 4.69) is 68.7 Å². The second-order valence-electron chi connectivity index (χ2n) is 8.03. The van der Waals surface area contributed by atoms with E-state index in [9.17, 15) is 10.1 Å². The molecule has 4 heteroatoms. The summed E-state index contributed by atoms with van der Waals surface area (Å²) in [5, 5.41) is 15.8.